The number of carboxylic acid groups (broad SMARTS) is 1. The van der Waals surface area contributed by atoms with Crippen LogP contribution in [0.15, 0.2) is 24.3 Å². The Labute approximate surface area is 192 Å². The van der Waals surface area contributed by atoms with E-state index in [1.54, 1.807) is 0 Å². The van der Waals surface area contributed by atoms with E-state index in [1.807, 2.05) is 20.8 Å². The van der Waals surface area contributed by atoms with Crippen molar-refractivity contribution in [3.8, 4) is 11.1 Å². The third-order valence-electron chi connectivity index (χ3n) is 7.22. The van der Waals surface area contributed by atoms with E-state index in [0.717, 1.165) is 41.8 Å². The van der Waals surface area contributed by atoms with Gasteiger partial charge in [-0.15, -0.1) is 0 Å². The van der Waals surface area contributed by atoms with Crippen LogP contribution < -0.4 is 0 Å². The molecule has 0 radical (unpaired) electrons. The first-order valence-corrected chi connectivity index (χ1v) is 11.9. The van der Waals surface area contributed by atoms with Crippen LogP contribution in [0.3, 0.4) is 0 Å². The fourth-order valence-corrected chi connectivity index (χ4v) is 5.32. The number of benzene rings is 2. The van der Waals surface area contributed by atoms with Crippen LogP contribution in [0.25, 0.3) is 11.1 Å². The van der Waals surface area contributed by atoms with Crippen LogP contribution >= 0.6 is 0 Å². The first-order valence-electron chi connectivity index (χ1n) is 11.9. The van der Waals surface area contributed by atoms with E-state index < -0.39 is 17.7 Å². The van der Waals surface area contributed by atoms with Gasteiger partial charge in [0.15, 0.2) is 6.10 Å². The van der Waals surface area contributed by atoms with Gasteiger partial charge in [0.25, 0.3) is 0 Å². The Bertz CT molecular complexity index is 1010. The lowest BCUT2D eigenvalue weighted by Crippen LogP contribution is -2.43. The largest absolute Gasteiger partial charge is 0.479 e. The highest BCUT2D eigenvalue weighted by atomic mass is 16.5. The predicted molar refractivity (Wildman–Crippen MR) is 129 cm³/mol. The van der Waals surface area contributed by atoms with Crippen molar-refractivity contribution in [3.63, 3.8) is 0 Å². The van der Waals surface area contributed by atoms with E-state index >= 15 is 0 Å². The van der Waals surface area contributed by atoms with Crippen LogP contribution in [0.5, 0.6) is 0 Å². The second kappa shape index (κ2) is 8.64. The number of hydrogen-bond donors (Lipinski definition) is 1. The molecule has 4 heteroatoms. The molecule has 32 heavy (non-hydrogen) atoms. The van der Waals surface area contributed by atoms with Crippen molar-refractivity contribution in [2.24, 2.45) is 0 Å². The molecule has 172 valence electrons. The summed E-state index contributed by atoms with van der Waals surface area (Å²) >= 11 is 0. The second-order valence-corrected chi connectivity index (χ2v) is 10.6. The van der Waals surface area contributed by atoms with Crippen LogP contribution in [0, 0.1) is 20.8 Å². The molecule has 2 aromatic carbocycles. The van der Waals surface area contributed by atoms with Crippen molar-refractivity contribution in [1.82, 2.24) is 4.90 Å². The minimum Gasteiger partial charge on any atom is -0.479 e. The molecule has 1 aliphatic heterocycles. The molecule has 1 N–H and O–H groups in total. The Morgan fingerprint density at radius 3 is 2.25 bits per heavy atom. The summed E-state index contributed by atoms with van der Waals surface area (Å²) in [6.07, 6.45) is 3.92. The molecule has 1 heterocycles. The molecule has 0 bridgehead atoms. The summed E-state index contributed by atoms with van der Waals surface area (Å²) in [5.74, 6) is -0.928. The van der Waals surface area contributed by atoms with Gasteiger partial charge in [-0.05, 0) is 94.2 Å². The number of ether oxygens (including phenoxy) is 1. The number of hydrogen-bond acceptors (Lipinski definition) is 3. The molecule has 0 saturated heterocycles. The van der Waals surface area contributed by atoms with Gasteiger partial charge < -0.3 is 9.84 Å². The average Bonchev–Trinajstić information content (AvgIpc) is 2.68. The molecule has 4 rings (SSSR count). The topological polar surface area (TPSA) is 49.8 Å². The number of nitrogens with zero attached hydrogens (tertiary/aromatic N) is 1. The second-order valence-electron chi connectivity index (χ2n) is 10.6. The molecular formula is C28H37NO3. The third-order valence-corrected chi connectivity index (χ3v) is 7.22. The highest BCUT2D eigenvalue weighted by Crippen LogP contribution is 2.43. The fraction of sp³-hybridized carbons (Fsp3) is 0.536. The minimum atomic E-state index is -1.00. The normalized spacial score (nSPS) is 18.2. The van der Waals surface area contributed by atoms with Gasteiger partial charge in [0, 0.05) is 24.7 Å². The summed E-state index contributed by atoms with van der Waals surface area (Å²) < 4.78 is 6.17. The van der Waals surface area contributed by atoms with Crippen molar-refractivity contribution in [1.29, 1.82) is 0 Å². The maximum atomic E-state index is 12.5. The van der Waals surface area contributed by atoms with Gasteiger partial charge >= 0.3 is 5.97 Å². The number of aliphatic carboxylic acids is 1. The van der Waals surface area contributed by atoms with Gasteiger partial charge in [-0.1, -0.05) is 36.2 Å². The third kappa shape index (κ3) is 4.35. The maximum absolute atomic E-state index is 12.5. The van der Waals surface area contributed by atoms with Gasteiger partial charge in [0.1, 0.15) is 0 Å². The Balaban J connectivity index is 1.92. The van der Waals surface area contributed by atoms with Crippen molar-refractivity contribution in [3.05, 3.63) is 57.6 Å². The summed E-state index contributed by atoms with van der Waals surface area (Å²) in [5, 5.41) is 10.2. The van der Waals surface area contributed by atoms with E-state index in [9.17, 15) is 9.90 Å². The molecule has 2 aromatic rings. The van der Waals surface area contributed by atoms with Gasteiger partial charge in [-0.2, -0.15) is 0 Å². The van der Waals surface area contributed by atoms with E-state index in [4.69, 9.17) is 4.74 Å². The lowest BCUT2D eigenvalue weighted by atomic mass is 9.79. The molecule has 0 spiro atoms. The van der Waals surface area contributed by atoms with Gasteiger partial charge in [0.05, 0.1) is 5.60 Å². The summed E-state index contributed by atoms with van der Waals surface area (Å²) in [6.45, 7) is 14.1. The molecule has 1 atom stereocenters. The molecule has 2 aliphatic rings. The SMILES string of the molecule is Cc1ccc(-c2c(C)c3c(c(C)c2C(OC(C)(C)C)C(=O)O)CCN(C2CCC2)C3)cc1. The van der Waals surface area contributed by atoms with Crippen molar-refractivity contribution < 1.29 is 14.6 Å². The number of carbonyl (C=O) groups is 1. The first kappa shape index (κ1) is 23.0. The summed E-state index contributed by atoms with van der Waals surface area (Å²) in [7, 11) is 0. The van der Waals surface area contributed by atoms with Crippen LogP contribution in [0.1, 0.15) is 79.5 Å². The standard InChI is InChI=1S/C28H37NO3/c1-17-10-12-20(13-11-17)24-19(3)23-16-29(21-8-7-9-21)15-14-22(23)18(2)25(24)26(27(30)31)32-28(4,5)6/h10-13,21,26H,7-9,14-16H2,1-6H3,(H,30,31). The van der Waals surface area contributed by atoms with Gasteiger partial charge in [-0.3, -0.25) is 4.90 Å². The lowest BCUT2D eigenvalue weighted by Gasteiger charge is -2.42. The van der Waals surface area contributed by atoms with E-state index in [1.165, 1.54) is 41.5 Å². The predicted octanol–water partition coefficient (Wildman–Crippen LogP) is 6.13. The zero-order valence-electron chi connectivity index (χ0n) is 20.4. The fourth-order valence-electron chi connectivity index (χ4n) is 5.32. The summed E-state index contributed by atoms with van der Waals surface area (Å²) in [6, 6.07) is 9.16. The van der Waals surface area contributed by atoms with E-state index in [0.29, 0.717) is 6.04 Å². The zero-order chi connectivity index (χ0) is 23.2. The number of aryl methyl sites for hydroxylation is 1. The Hall–Kier alpha value is -2.17. The highest BCUT2D eigenvalue weighted by Gasteiger charge is 2.36. The molecule has 1 aliphatic carbocycles. The van der Waals surface area contributed by atoms with Crippen LogP contribution in [0.2, 0.25) is 0 Å². The van der Waals surface area contributed by atoms with E-state index in [-0.39, 0.29) is 0 Å². The maximum Gasteiger partial charge on any atom is 0.337 e. The first-order chi connectivity index (χ1) is 15.1. The van der Waals surface area contributed by atoms with Crippen LogP contribution in [0.4, 0.5) is 0 Å². The molecule has 4 nitrogen and oxygen atoms in total. The Morgan fingerprint density at radius 2 is 1.72 bits per heavy atom. The summed E-state index contributed by atoms with van der Waals surface area (Å²) in [5.41, 5.74) is 8.57. The van der Waals surface area contributed by atoms with Crippen molar-refractivity contribution in [2.45, 2.75) is 91.5 Å². The number of rotatable bonds is 5. The minimum absolute atomic E-state index is 0.565. The molecule has 1 unspecified atom stereocenters. The Morgan fingerprint density at radius 1 is 1.06 bits per heavy atom. The molecule has 1 saturated carbocycles. The monoisotopic (exact) mass is 435 g/mol. The molecular weight excluding hydrogens is 398 g/mol. The number of carboxylic acids is 1. The smallest absolute Gasteiger partial charge is 0.337 e. The number of fused-ring (bicyclic) bond motifs is 1. The van der Waals surface area contributed by atoms with Gasteiger partial charge in [-0.25, -0.2) is 4.79 Å². The zero-order valence-corrected chi connectivity index (χ0v) is 20.4. The average molecular weight is 436 g/mol. The van der Waals surface area contributed by atoms with Crippen LogP contribution in [-0.4, -0.2) is 34.2 Å². The van der Waals surface area contributed by atoms with Crippen molar-refractivity contribution >= 4 is 5.97 Å². The van der Waals surface area contributed by atoms with Gasteiger partial charge in [0.2, 0.25) is 0 Å². The highest BCUT2D eigenvalue weighted by molar-refractivity contribution is 5.84. The Kier molecular flexibility index (Phi) is 6.21. The molecule has 1 fully saturated rings. The molecule has 0 aromatic heterocycles. The summed E-state index contributed by atoms with van der Waals surface area (Å²) in [4.78, 5) is 15.1. The van der Waals surface area contributed by atoms with E-state index in [2.05, 4.69) is 49.9 Å². The quantitative estimate of drug-likeness (QED) is 0.614. The molecule has 0 amide bonds. The van der Waals surface area contributed by atoms with Crippen molar-refractivity contribution in [2.75, 3.05) is 6.54 Å². The van der Waals surface area contributed by atoms with Crippen LogP contribution in [-0.2, 0) is 22.5 Å². The lowest BCUT2D eigenvalue weighted by molar-refractivity contribution is -0.160.